The van der Waals surface area contributed by atoms with Gasteiger partial charge in [-0.05, 0) is 11.6 Å². The number of rotatable bonds is 3. The van der Waals surface area contributed by atoms with Crippen LogP contribution in [0.4, 0.5) is 5.82 Å². The van der Waals surface area contributed by atoms with Crippen LogP contribution < -0.4 is 17.2 Å². The van der Waals surface area contributed by atoms with Gasteiger partial charge in [-0.1, -0.05) is 6.58 Å². The van der Waals surface area contributed by atoms with Crippen LogP contribution in [0.3, 0.4) is 0 Å². The molecule has 0 unspecified atom stereocenters. The maximum atomic E-state index is 5.77. The van der Waals surface area contributed by atoms with E-state index in [1.165, 1.54) is 12.5 Å². The summed E-state index contributed by atoms with van der Waals surface area (Å²) in [7, 11) is 0. The molecule has 2 aromatic heterocycles. The fraction of sp³-hybridized carbons (Fsp3) is 0. The second kappa shape index (κ2) is 4.53. The first-order chi connectivity index (χ1) is 8.59. The van der Waals surface area contributed by atoms with E-state index in [9.17, 15) is 0 Å². The summed E-state index contributed by atoms with van der Waals surface area (Å²) in [5.74, 6) is 0.302. The van der Waals surface area contributed by atoms with Gasteiger partial charge in [0.1, 0.15) is 12.1 Å². The van der Waals surface area contributed by atoms with E-state index >= 15 is 0 Å². The summed E-state index contributed by atoms with van der Waals surface area (Å²) in [5.41, 5.74) is 17.9. The van der Waals surface area contributed by atoms with E-state index < -0.39 is 0 Å². The Balaban J connectivity index is 2.40. The molecule has 7 N–H and O–H groups in total. The Labute approximate surface area is 102 Å². The number of guanidine groups is 1. The minimum absolute atomic E-state index is 0.0311. The molecule has 0 amide bonds. The van der Waals surface area contributed by atoms with Gasteiger partial charge in [0.05, 0.1) is 11.1 Å². The molecule has 0 bridgehead atoms. The Hall–Kier alpha value is -2.90. The van der Waals surface area contributed by atoms with Crippen LogP contribution in [-0.2, 0) is 0 Å². The number of aliphatic imine (C=N–C) groups is 1. The first-order valence-electron chi connectivity index (χ1n) is 4.98. The highest BCUT2D eigenvalue weighted by Crippen LogP contribution is 2.24. The number of H-pyrrole nitrogens is 1. The van der Waals surface area contributed by atoms with Crippen LogP contribution in [0.15, 0.2) is 30.2 Å². The molecule has 8 heteroatoms. The second-order valence-electron chi connectivity index (χ2n) is 3.45. The smallest absolute Gasteiger partial charge is 0.190 e. The highest BCUT2D eigenvalue weighted by atomic mass is 15.2. The van der Waals surface area contributed by atoms with E-state index in [1.54, 1.807) is 6.08 Å². The van der Waals surface area contributed by atoms with Gasteiger partial charge in [0, 0.05) is 6.20 Å². The number of nitrogens with one attached hydrogen (secondary N) is 1. The predicted molar refractivity (Wildman–Crippen MR) is 70.1 cm³/mol. The van der Waals surface area contributed by atoms with E-state index in [1.807, 2.05) is 0 Å². The first kappa shape index (κ1) is 11.6. The Morgan fingerprint density at radius 3 is 2.89 bits per heavy atom. The van der Waals surface area contributed by atoms with E-state index in [-0.39, 0.29) is 5.96 Å². The molecule has 0 fully saturated rings. The van der Waals surface area contributed by atoms with Crippen molar-refractivity contribution < 1.29 is 0 Å². The Morgan fingerprint density at radius 1 is 1.39 bits per heavy atom. The number of fused-ring (bicyclic) bond motifs is 1. The largest absolute Gasteiger partial charge is 0.383 e. The molecule has 0 atom stereocenters. The lowest BCUT2D eigenvalue weighted by Gasteiger charge is -1.98. The number of hydrogen-bond donors (Lipinski definition) is 4. The molecule has 0 aliphatic rings. The standard InChI is InChI=1S/C10H12N8/c1-5(2-3-14-10(12)13)7-6-8(11)15-4-16-9(6)18-17-7/h2-4H,1H2,(H4,12,13,14)(H3,11,15,16,17,18)/b3-2-. The molecule has 0 saturated carbocycles. The zero-order valence-electron chi connectivity index (χ0n) is 9.46. The third-order valence-corrected chi connectivity index (χ3v) is 2.20. The van der Waals surface area contributed by atoms with Gasteiger partial charge >= 0.3 is 0 Å². The van der Waals surface area contributed by atoms with E-state index in [0.717, 1.165) is 0 Å². The number of anilines is 1. The summed E-state index contributed by atoms with van der Waals surface area (Å²) in [5, 5.41) is 7.43. The highest BCUT2D eigenvalue weighted by molar-refractivity contribution is 5.96. The molecule has 18 heavy (non-hydrogen) atoms. The van der Waals surface area contributed by atoms with E-state index in [2.05, 4.69) is 31.7 Å². The van der Waals surface area contributed by atoms with Crippen LogP contribution in [0.1, 0.15) is 5.69 Å². The summed E-state index contributed by atoms with van der Waals surface area (Å²) in [6.45, 7) is 3.87. The number of aromatic nitrogens is 4. The highest BCUT2D eigenvalue weighted by Gasteiger charge is 2.11. The van der Waals surface area contributed by atoms with Crippen LogP contribution in [-0.4, -0.2) is 26.1 Å². The fourth-order valence-corrected chi connectivity index (χ4v) is 1.41. The van der Waals surface area contributed by atoms with Gasteiger partial charge in [-0.25, -0.2) is 15.0 Å². The third kappa shape index (κ3) is 2.12. The fourth-order valence-electron chi connectivity index (χ4n) is 1.41. The van der Waals surface area contributed by atoms with Crippen molar-refractivity contribution in [3.63, 3.8) is 0 Å². The molecule has 2 aromatic rings. The molecule has 8 nitrogen and oxygen atoms in total. The molecule has 0 aromatic carbocycles. The molecule has 92 valence electrons. The first-order valence-corrected chi connectivity index (χ1v) is 4.98. The van der Waals surface area contributed by atoms with Crippen molar-refractivity contribution >= 4 is 28.4 Å². The molecule has 0 radical (unpaired) electrons. The van der Waals surface area contributed by atoms with Gasteiger partial charge in [0.25, 0.3) is 0 Å². The summed E-state index contributed by atoms with van der Waals surface area (Å²) in [6.07, 6.45) is 4.41. The lowest BCUT2D eigenvalue weighted by molar-refractivity contribution is 1.08. The van der Waals surface area contributed by atoms with Crippen LogP contribution in [0, 0.1) is 0 Å². The Kier molecular flexibility index (Phi) is 2.92. The summed E-state index contributed by atoms with van der Waals surface area (Å²) >= 11 is 0. The maximum absolute atomic E-state index is 5.77. The van der Waals surface area contributed by atoms with Gasteiger partial charge in [0.15, 0.2) is 11.6 Å². The number of allylic oxidation sites excluding steroid dienone is 2. The predicted octanol–water partition coefficient (Wildman–Crippen LogP) is -0.265. The number of nitrogen functional groups attached to an aromatic ring is 1. The number of aromatic amines is 1. The van der Waals surface area contributed by atoms with Gasteiger partial charge in [-0.15, -0.1) is 0 Å². The zero-order valence-corrected chi connectivity index (χ0v) is 9.46. The summed E-state index contributed by atoms with van der Waals surface area (Å²) < 4.78 is 0. The Morgan fingerprint density at radius 2 is 2.17 bits per heavy atom. The SMILES string of the molecule is C=C(/C=C\N=C(N)N)c1[nH]nc2ncnc(N)c12. The summed E-state index contributed by atoms with van der Waals surface area (Å²) in [6, 6.07) is 0. The van der Waals surface area contributed by atoms with Crippen molar-refractivity contribution in [1.29, 1.82) is 0 Å². The van der Waals surface area contributed by atoms with Gasteiger partial charge in [-0.2, -0.15) is 5.10 Å². The van der Waals surface area contributed by atoms with E-state index in [4.69, 9.17) is 17.2 Å². The second-order valence-corrected chi connectivity index (χ2v) is 3.45. The van der Waals surface area contributed by atoms with Crippen molar-refractivity contribution in [3.05, 3.63) is 30.9 Å². The third-order valence-electron chi connectivity index (χ3n) is 2.20. The lowest BCUT2D eigenvalue weighted by Crippen LogP contribution is -2.21. The van der Waals surface area contributed by atoms with Crippen molar-refractivity contribution in [2.24, 2.45) is 16.5 Å². The minimum atomic E-state index is -0.0311. The number of nitrogens with two attached hydrogens (primary N) is 3. The molecule has 2 rings (SSSR count). The van der Waals surface area contributed by atoms with Gasteiger partial charge in [0.2, 0.25) is 0 Å². The molecular weight excluding hydrogens is 232 g/mol. The molecule has 0 spiro atoms. The van der Waals surface area contributed by atoms with Gasteiger partial charge in [-0.3, -0.25) is 5.10 Å². The van der Waals surface area contributed by atoms with Crippen LogP contribution in [0.25, 0.3) is 16.6 Å². The molecular formula is C10H12N8. The molecule has 0 aliphatic carbocycles. The molecule has 0 saturated heterocycles. The summed E-state index contributed by atoms with van der Waals surface area (Å²) in [4.78, 5) is 11.6. The van der Waals surface area contributed by atoms with Crippen molar-refractivity contribution in [3.8, 4) is 0 Å². The maximum Gasteiger partial charge on any atom is 0.190 e. The minimum Gasteiger partial charge on any atom is -0.383 e. The average molecular weight is 244 g/mol. The average Bonchev–Trinajstić information content (AvgIpc) is 2.73. The molecule has 0 aliphatic heterocycles. The van der Waals surface area contributed by atoms with Crippen LogP contribution >= 0.6 is 0 Å². The van der Waals surface area contributed by atoms with Crippen molar-refractivity contribution in [2.75, 3.05) is 5.73 Å². The van der Waals surface area contributed by atoms with Gasteiger partial charge < -0.3 is 17.2 Å². The van der Waals surface area contributed by atoms with Crippen LogP contribution in [0.5, 0.6) is 0 Å². The Bertz CT molecular complexity index is 647. The topological polar surface area (TPSA) is 145 Å². The number of hydrogen-bond acceptors (Lipinski definition) is 5. The lowest BCUT2D eigenvalue weighted by atomic mass is 10.1. The normalized spacial score (nSPS) is 10.9. The number of nitrogens with zero attached hydrogens (tertiary/aromatic N) is 4. The molecule has 2 heterocycles. The van der Waals surface area contributed by atoms with Crippen molar-refractivity contribution in [2.45, 2.75) is 0 Å². The monoisotopic (exact) mass is 244 g/mol. The zero-order chi connectivity index (χ0) is 13.1. The van der Waals surface area contributed by atoms with Crippen molar-refractivity contribution in [1.82, 2.24) is 20.2 Å². The quantitative estimate of drug-likeness (QED) is 0.332. The van der Waals surface area contributed by atoms with Crippen LogP contribution in [0.2, 0.25) is 0 Å². The van der Waals surface area contributed by atoms with E-state index in [0.29, 0.717) is 28.1 Å².